The molecule has 6 heteroatoms. The minimum absolute atomic E-state index is 0.252. The van der Waals surface area contributed by atoms with Crippen LogP contribution in [0.5, 0.6) is 0 Å². The number of hydrogen-bond donors (Lipinski definition) is 3. The number of anilines is 1. The van der Waals surface area contributed by atoms with E-state index in [0.29, 0.717) is 41.9 Å². The molecule has 33 heavy (non-hydrogen) atoms. The van der Waals surface area contributed by atoms with Crippen LogP contribution in [-0.2, 0) is 19.6 Å². The van der Waals surface area contributed by atoms with Gasteiger partial charge in [-0.05, 0) is 43.9 Å². The second-order valence-electron chi connectivity index (χ2n) is 8.39. The number of aliphatic hydroxyl groups excluding tert-OH is 2. The zero-order valence-electron chi connectivity index (χ0n) is 19.3. The van der Waals surface area contributed by atoms with E-state index in [-0.39, 0.29) is 12.3 Å². The Morgan fingerprint density at radius 3 is 2.24 bits per heavy atom. The summed E-state index contributed by atoms with van der Waals surface area (Å²) in [5.41, 5.74) is 3.73. The van der Waals surface area contributed by atoms with Crippen molar-refractivity contribution in [1.82, 2.24) is 4.57 Å². The topological polar surface area (TPSA) is 74.5 Å². The Balaban J connectivity index is 2.11. The first-order valence-electron chi connectivity index (χ1n) is 11.5. The number of para-hydroxylation sites is 1. The number of carbonyl (C=O) groups excluding carboxylic acids is 1. The van der Waals surface area contributed by atoms with E-state index in [0.717, 1.165) is 17.7 Å². The summed E-state index contributed by atoms with van der Waals surface area (Å²) in [4.78, 5) is 13.5. The van der Waals surface area contributed by atoms with Crippen molar-refractivity contribution in [3.05, 3.63) is 77.6 Å². The molecule has 0 aliphatic carbocycles. The minimum atomic E-state index is -0.730. The molecule has 0 aliphatic heterocycles. The second-order valence-corrected chi connectivity index (χ2v) is 8.39. The van der Waals surface area contributed by atoms with E-state index in [4.69, 9.17) is 0 Å². The number of rotatable bonds is 11. The van der Waals surface area contributed by atoms with E-state index >= 15 is 0 Å². The minimum Gasteiger partial charge on any atom is -0.393 e. The molecule has 2 aromatic carbocycles. The molecule has 0 radical (unpaired) electrons. The van der Waals surface area contributed by atoms with Crippen molar-refractivity contribution in [3.63, 3.8) is 0 Å². The Morgan fingerprint density at radius 2 is 1.67 bits per heavy atom. The zero-order valence-corrected chi connectivity index (χ0v) is 19.3. The van der Waals surface area contributed by atoms with Crippen LogP contribution < -0.4 is 5.32 Å². The molecule has 2 atom stereocenters. The highest BCUT2D eigenvalue weighted by Gasteiger charge is 2.28. The lowest BCUT2D eigenvalue weighted by molar-refractivity contribution is 0.0819. The van der Waals surface area contributed by atoms with E-state index < -0.39 is 18.9 Å². The van der Waals surface area contributed by atoms with Crippen LogP contribution >= 0.6 is 0 Å². The van der Waals surface area contributed by atoms with Gasteiger partial charge in [0.15, 0.2) is 0 Å². The normalized spacial score (nSPS) is 13.0. The Hall–Kier alpha value is -2.96. The van der Waals surface area contributed by atoms with Gasteiger partial charge in [-0.3, -0.25) is 4.79 Å². The number of carbonyl (C=O) groups is 1. The van der Waals surface area contributed by atoms with Gasteiger partial charge in [0.05, 0.1) is 23.5 Å². The fraction of sp³-hybridized carbons (Fsp3) is 0.370. The monoisotopic (exact) mass is 452 g/mol. The van der Waals surface area contributed by atoms with E-state index in [2.05, 4.69) is 5.32 Å². The van der Waals surface area contributed by atoms with Crippen molar-refractivity contribution in [3.8, 4) is 11.1 Å². The summed E-state index contributed by atoms with van der Waals surface area (Å²) in [5, 5.41) is 22.9. The van der Waals surface area contributed by atoms with Gasteiger partial charge in [0.25, 0.3) is 5.91 Å². The predicted octanol–water partition coefficient (Wildman–Crippen LogP) is 5.35. The number of benzene rings is 2. The predicted molar refractivity (Wildman–Crippen MR) is 130 cm³/mol. The van der Waals surface area contributed by atoms with Crippen LogP contribution in [0.15, 0.2) is 60.7 Å². The molecule has 0 bridgehead atoms. The van der Waals surface area contributed by atoms with Gasteiger partial charge in [0, 0.05) is 23.5 Å². The summed E-state index contributed by atoms with van der Waals surface area (Å²) in [6, 6.07) is 18.6. The van der Waals surface area contributed by atoms with Crippen LogP contribution in [0.4, 0.5) is 10.1 Å². The molecule has 3 aromatic rings. The molecule has 0 saturated carbocycles. The Morgan fingerprint density at radius 1 is 1.03 bits per heavy atom. The molecule has 5 nitrogen and oxygen atoms in total. The molecule has 3 rings (SSSR count). The molecule has 0 unspecified atom stereocenters. The highest BCUT2D eigenvalue weighted by Crippen LogP contribution is 2.35. The first-order valence-corrected chi connectivity index (χ1v) is 11.5. The molecule has 0 spiro atoms. The molecule has 1 heterocycles. The van der Waals surface area contributed by atoms with E-state index in [1.165, 1.54) is 0 Å². The maximum absolute atomic E-state index is 14.5. The van der Waals surface area contributed by atoms with E-state index in [1.807, 2.05) is 72.2 Å². The molecule has 176 valence electrons. The van der Waals surface area contributed by atoms with Crippen LogP contribution in [0.25, 0.3) is 11.1 Å². The third kappa shape index (κ3) is 6.09. The smallest absolute Gasteiger partial charge is 0.258 e. The molecule has 0 fully saturated rings. The van der Waals surface area contributed by atoms with Gasteiger partial charge >= 0.3 is 0 Å². The van der Waals surface area contributed by atoms with Crippen LogP contribution in [-0.4, -0.2) is 32.9 Å². The number of hydrogen-bond acceptors (Lipinski definition) is 3. The summed E-state index contributed by atoms with van der Waals surface area (Å²) in [5.74, 6) is -0.276. The van der Waals surface area contributed by atoms with Gasteiger partial charge in [0.2, 0.25) is 0 Å². The number of aliphatic hydroxyl groups is 2. The van der Waals surface area contributed by atoms with E-state index in [1.54, 1.807) is 6.92 Å². The number of amides is 1. The zero-order chi connectivity index (χ0) is 23.8. The Labute approximate surface area is 194 Å². The maximum atomic E-state index is 14.5. The summed E-state index contributed by atoms with van der Waals surface area (Å²) < 4.78 is 16.4. The van der Waals surface area contributed by atoms with Crippen molar-refractivity contribution < 1.29 is 19.4 Å². The fourth-order valence-corrected chi connectivity index (χ4v) is 4.29. The molecule has 1 aromatic heterocycles. The quantitative estimate of drug-likeness (QED) is 0.367. The van der Waals surface area contributed by atoms with Gasteiger partial charge in [-0.2, -0.15) is 0 Å². The molecule has 3 N–H and O–H groups in total. The van der Waals surface area contributed by atoms with Crippen molar-refractivity contribution in [2.75, 3.05) is 5.32 Å². The largest absolute Gasteiger partial charge is 0.393 e. The third-order valence-electron chi connectivity index (χ3n) is 5.71. The average molecular weight is 453 g/mol. The SMILES string of the molecule is CCCc1c(C(=O)Nc2ccccc2)c(-c2ccccc2)c(CF)n1CC[C@@H](O)C[C@H](C)O. The lowest BCUT2D eigenvalue weighted by Crippen LogP contribution is -2.19. The highest BCUT2D eigenvalue weighted by atomic mass is 19.1. The summed E-state index contributed by atoms with van der Waals surface area (Å²) in [6.45, 7) is 3.29. The number of halogens is 1. The van der Waals surface area contributed by atoms with Crippen LogP contribution in [0, 0.1) is 0 Å². The first-order chi connectivity index (χ1) is 16.0. The second kappa shape index (κ2) is 11.8. The van der Waals surface area contributed by atoms with Crippen LogP contribution in [0.3, 0.4) is 0 Å². The third-order valence-corrected chi connectivity index (χ3v) is 5.71. The fourth-order valence-electron chi connectivity index (χ4n) is 4.29. The molecular formula is C27H33FN2O3. The summed E-state index contributed by atoms with van der Waals surface area (Å²) >= 11 is 0. The Kier molecular flexibility index (Phi) is 8.80. The van der Waals surface area contributed by atoms with Gasteiger partial charge in [-0.25, -0.2) is 4.39 Å². The standard InChI is InChI=1S/C27H33FN2O3/c1-3-10-23-26(27(33)29-21-13-8-5-9-14-21)25(20-11-6-4-7-12-20)24(18-28)30(23)16-15-22(32)17-19(2)31/h4-9,11-14,19,22,31-32H,3,10,15-18H2,1-2H3,(H,29,33)/t19-,22+/m0/s1. The number of nitrogens with zero attached hydrogens (tertiary/aromatic N) is 1. The maximum Gasteiger partial charge on any atom is 0.258 e. The molecular weight excluding hydrogens is 419 g/mol. The number of nitrogens with one attached hydrogen (secondary N) is 1. The summed E-state index contributed by atoms with van der Waals surface area (Å²) in [6.07, 6.45) is 0.665. The lowest BCUT2D eigenvalue weighted by atomic mass is 9.98. The number of aromatic nitrogens is 1. The lowest BCUT2D eigenvalue weighted by Gasteiger charge is -2.17. The van der Waals surface area contributed by atoms with Crippen LogP contribution in [0.1, 0.15) is 54.9 Å². The van der Waals surface area contributed by atoms with Crippen LogP contribution in [0.2, 0.25) is 0 Å². The molecule has 0 aliphatic rings. The molecule has 1 amide bonds. The van der Waals surface area contributed by atoms with Gasteiger partial charge in [-0.1, -0.05) is 61.9 Å². The Bertz CT molecular complexity index is 1030. The van der Waals surface area contributed by atoms with Gasteiger partial charge in [-0.15, -0.1) is 0 Å². The average Bonchev–Trinajstić information content (AvgIpc) is 3.12. The van der Waals surface area contributed by atoms with E-state index in [9.17, 15) is 19.4 Å². The van der Waals surface area contributed by atoms with Crippen molar-refractivity contribution in [2.45, 2.75) is 65.0 Å². The highest BCUT2D eigenvalue weighted by molar-refractivity contribution is 6.10. The van der Waals surface area contributed by atoms with Crippen molar-refractivity contribution >= 4 is 11.6 Å². The van der Waals surface area contributed by atoms with Gasteiger partial charge < -0.3 is 20.1 Å². The van der Waals surface area contributed by atoms with Crippen molar-refractivity contribution in [1.29, 1.82) is 0 Å². The van der Waals surface area contributed by atoms with Crippen molar-refractivity contribution in [2.24, 2.45) is 0 Å². The molecule has 0 saturated heterocycles. The number of alkyl halides is 1. The summed E-state index contributed by atoms with van der Waals surface area (Å²) in [7, 11) is 0. The van der Waals surface area contributed by atoms with Gasteiger partial charge in [0.1, 0.15) is 6.67 Å². The first kappa shape index (κ1) is 24.7.